The summed E-state index contributed by atoms with van der Waals surface area (Å²) in [6, 6.07) is 7.03. The molecule has 0 radical (unpaired) electrons. The summed E-state index contributed by atoms with van der Waals surface area (Å²) in [5, 5.41) is 4.33. The van der Waals surface area contributed by atoms with Crippen molar-refractivity contribution in [3.63, 3.8) is 0 Å². The first-order valence-electron chi connectivity index (χ1n) is 7.76. The third-order valence-electron chi connectivity index (χ3n) is 4.30. The molecular weight excluding hydrogens is 268 g/mol. The highest BCUT2D eigenvalue weighted by molar-refractivity contribution is 6.31. The van der Waals surface area contributed by atoms with Crippen LogP contribution in [0.15, 0.2) is 18.2 Å². The molecule has 0 saturated carbocycles. The van der Waals surface area contributed by atoms with E-state index in [-0.39, 0.29) is 0 Å². The summed E-state index contributed by atoms with van der Waals surface area (Å²) >= 11 is 6.24. The lowest BCUT2D eigenvalue weighted by Gasteiger charge is -2.32. The summed E-state index contributed by atoms with van der Waals surface area (Å²) in [4.78, 5) is 2.58. The Balaban J connectivity index is 1.99. The summed E-state index contributed by atoms with van der Waals surface area (Å²) in [5.74, 6) is 0.833. The van der Waals surface area contributed by atoms with E-state index >= 15 is 0 Å². The summed E-state index contributed by atoms with van der Waals surface area (Å²) < 4.78 is 0. The van der Waals surface area contributed by atoms with Crippen LogP contribution >= 0.6 is 11.6 Å². The Labute approximate surface area is 128 Å². The highest BCUT2D eigenvalue weighted by Crippen LogP contribution is 2.21. The Kier molecular flexibility index (Phi) is 5.88. The molecule has 1 heterocycles. The van der Waals surface area contributed by atoms with Gasteiger partial charge in [-0.3, -0.25) is 4.90 Å². The van der Waals surface area contributed by atoms with Crippen LogP contribution in [0.4, 0.5) is 0 Å². The van der Waals surface area contributed by atoms with Gasteiger partial charge in [0.2, 0.25) is 0 Å². The van der Waals surface area contributed by atoms with Crippen LogP contribution in [-0.2, 0) is 6.54 Å². The van der Waals surface area contributed by atoms with Crippen molar-refractivity contribution in [2.45, 2.75) is 46.2 Å². The third-order valence-corrected chi connectivity index (χ3v) is 4.71. The van der Waals surface area contributed by atoms with E-state index in [1.807, 2.05) is 0 Å². The maximum absolute atomic E-state index is 6.24. The Morgan fingerprint density at radius 2 is 2.00 bits per heavy atom. The van der Waals surface area contributed by atoms with Crippen LogP contribution in [-0.4, -0.2) is 30.6 Å². The van der Waals surface area contributed by atoms with E-state index in [1.165, 1.54) is 38.0 Å². The Bertz CT molecular complexity index is 425. The average molecular weight is 295 g/mol. The Morgan fingerprint density at radius 1 is 1.30 bits per heavy atom. The SMILES string of the molecule is Cc1ccc(CN(CC2CCNCC2)C(C)C)cc1Cl. The second kappa shape index (κ2) is 7.44. The van der Waals surface area contributed by atoms with Crippen LogP contribution in [0.1, 0.15) is 37.8 Å². The molecule has 0 aliphatic carbocycles. The van der Waals surface area contributed by atoms with Crippen LogP contribution in [0, 0.1) is 12.8 Å². The van der Waals surface area contributed by atoms with Crippen molar-refractivity contribution < 1.29 is 0 Å². The van der Waals surface area contributed by atoms with E-state index in [9.17, 15) is 0 Å². The first-order chi connectivity index (χ1) is 9.56. The quantitative estimate of drug-likeness (QED) is 0.887. The van der Waals surface area contributed by atoms with Crippen molar-refractivity contribution in [2.24, 2.45) is 5.92 Å². The monoisotopic (exact) mass is 294 g/mol. The number of piperidine rings is 1. The van der Waals surface area contributed by atoms with Crippen molar-refractivity contribution in [2.75, 3.05) is 19.6 Å². The molecule has 0 bridgehead atoms. The predicted molar refractivity (Wildman–Crippen MR) is 87.3 cm³/mol. The minimum atomic E-state index is 0.574. The van der Waals surface area contributed by atoms with Crippen LogP contribution in [0.2, 0.25) is 5.02 Å². The summed E-state index contributed by atoms with van der Waals surface area (Å²) in [6.45, 7) is 11.2. The van der Waals surface area contributed by atoms with E-state index in [1.54, 1.807) is 0 Å². The predicted octanol–water partition coefficient (Wildman–Crippen LogP) is 3.86. The zero-order valence-electron chi connectivity index (χ0n) is 13.0. The van der Waals surface area contributed by atoms with Crippen molar-refractivity contribution in [3.8, 4) is 0 Å². The number of halogens is 1. The molecule has 112 valence electrons. The van der Waals surface area contributed by atoms with Gasteiger partial charge in [-0.1, -0.05) is 23.7 Å². The first-order valence-corrected chi connectivity index (χ1v) is 8.14. The molecule has 0 aromatic heterocycles. The van der Waals surface area contributed by atoms with Crippen molar-refractivity contribution >= 4 is 11.6 Å². The molecule has 1 saturated heterocycles. The molecule has 1 aromatic rings. The number of nitrogens with one attached hydrogen (secondary N) is 1. The van der Waals surface area contributed by atoms with Gasteiger partial charge in [0.15, 0.2) is 0 Å². The van der Waals surface area contributed by atoms with E-state index in [4.69, 9.17) is 11.6 Å². The molecule has 1 aromatic carbocycles. The van der Waals surface area contributed by atoms with E-state index in [2.05, 4.69) is 49.2 Å². The minimum absolute atomic E-state index is 0.574. The third kappa shape index (κ3) is 4.47. The van der Waals surface area contributed by atoms with Gasteiger partial charge in [0.05, 0.1) is 0 Å². The smallest absolute Gasteiger partial charge is 0.0438 e. The first kappa shape index (κ1) is 15.8. The molecule has 2 nitrogen and oxygen atoms in total. The molecule has 1 fully saturated rings. The number of hydrogen-bond donors (Lipinski definition) is 1. The van der Waals surface area contributed by atoms with Gasteiger partial charge >= 0.3 is 0 Å². The highest BCUT2D eigenvalue weighted by Gasteiger charge is 2.19. The second-order valence-electron chi connectivity index (χ2n) is 6.30. The molecule has 0 unspecified atom stereocenters. The molecule has 20 heavy (non-hydrogen) atoms. The van der Waals surface area contributed by atoms with Crippen LogP contribution < -0.4 is 5.32 Å². The molecule has 1 N–H and O–H groups in total. The van der Waals surface area contributed by atoms with Crippen molar-refractivity contribution in [1.29, 1.82) is 0 Å². The van der Waals surface area contributed by atoms with Crippen molar-refractivity contribution in [1.82, 2.24) is 10.2 Å². The fourth-order valence-corrected chi connectivity index (χ4v) is 3.03. The fourth-order valence-electron chi connectivity index (χ4n) is 2.82. The number of benzene rings is 1. The van der Waals surface area contributed by atoms with Crippen LogP contribution in [0.3, 0.4) is 0 Å². The van der Waals surface area contributed by atoms with Gasteiger partial charge in [0, 0.05) is 24.2 Å². The zero-order chi connectivity index (χ0) is 14.5. The fraction of sp³-hybridized carbons (Fsp3) is 0.647. The summed E-state index contributed by atoms with van der Waals surface area (Å²) in [6.07, 6.45) is 2.61. The molecule has 2 rings (SSSR count). The number of aryl methyl sites for hydroxylation is 1. The van der Waals surface area contributed by atoms with E-state index in [0.717, 1.165) is 23.0 Å². The van der Waals surface area contributed by atoms with Gasteiger partial charge in [-0.15, -0.1) is 0 Å². The van der Waals surface area contributed by atoms with Gasteiger partial charge in [0.1, 0.15) is 0 Å². The molecular formula is C17H27ClN2. The Morgan fingerprint density at radius 3 is 2.60 bits per heavy atom. The number of hydrogen-bond acceptors (Lipinski definition) is 2. The summed E-state index contributed by atoms with van der Waals surface area (Å²) in [7, 11) is 0. The average Bonchev–Trinajstić information content (AvgIpc) is 2.43. The lowest BCUT2D eigenvalue weighted by Crippen LogP contribution is -2.39. The van der Waals surface area contributed by atoms with Gasteiger partial charge in [0.25, 0.3) is 0 Å². The van der Waals surface area contributed by atoms with Crippen molar-refractivity contribution in [3.05, 3.63) is 34.3 Å². The van der Waals surface area contributed by atoms with E-state index < -0.39 is 0 Å². The van der Waals surface area contributed by atoms with Gasteiger partial charge < -0.3 is 5.32 Å². The lowest BCUT2D eigenvalue weighted by atomic mass is 9.96. The van der Waals surface area contributed by atoms with Gasteiger partial charge in [-0.2, -0.15) is 0 Å². The highest BCUT2D eigenvalue weighted by atomic mass is 35.5. The zero-order valence-corrected chi connectivity index (χ0v) is 13.7. The maximum atomic E-state index is 6.24. The topological polar surface area (TPSA) is 15.3 Å². The molecule has 0 spiro atoms. The van der Waals surface area contributed by atoms with Gasteiger partial charge in [-0.25, -0.2) is 0 Å². The Hall–Kier alpha value is -0.570. The second-order valence-corrected chi connectivity index (χ2v) is 6.71. The van der Waals surface area contributed by atoms with Crippen LogP contribution in [0.5, 0.6) is 0 Å². The minimum Gasteiger partial charge on any atom is -0.317 e. The molecule has 3 heteroatoms. The lowest BCUT2D eigenvalue weighted by molar-refractivity contribution is 0.162. The normalized spacial score (nSPS) is 17.1. The molecule has 1 aliphatic heterocycles. The van der Waals surface area contributed by atoms with E-state index in [0.29, 0.717) is 6.04 Å². The number of nitrogens with zero attached hydrogens (tertiary/aromatic N) is 1. The maximum Gasteiger partial charge on any atom is 0.0438 e. The van der Waals surface area contributed by atoms with Gasteiger partial charge in [-0.05, 0) is 69.8 Å². The number of rotatable bonds is 5. The summed E-state index contributed by atoms with van der Waals surface area (Å²) in [5.41, 5.74) is 2.48. The van der Waals surface area contributed by atoms with Crippen LogP contribution in [0.25, 0.3) is 0 Å². The molecule has 1 aliphatic rings. The largest absolute Gasteiger partial charge is 0.317 e. The standard InChI is InChI=1S/C17H27ClN2/c1-13(2)20(11-15-6-8-19-9-7-15)12-16-5-4-14(3)17(18)10-16/h4-5,10,13,15,19H,6-9,11-12H2,1-3H3. The molecule has 0 atom stereocenters. The molecule has 0 amide bonds.